The first-order valence-electron chi connectivity index (χ1n) is 11.2. The molecule has 2 aliphatic heterocycles. The van der Waals surface area contributed by atoms with E-state index in [1.807, 2.05) is 24.3 Å². The van der Waals surface area contributed by atoms with Crippen molar-refractivity contribution >= 4 is 23.4 Å². The second-order valence-electron chi connectivity index (χ2n) is 8.52. The second-order valence-corrected chi connectivity index (χ2v) is 8.93. The van der Waals surface area contributed by atoms with Crippen LogP contribution in [0.15, 0.2) is 42.5 Å². The zero-order valence-electron chi connectivity index (χ0n) is 18.3. The quantitative estimate of drug-likeness (QED) is 0.505. The minimum absolute atomic E-state index is 0.00171. The van der Waals surface area contributed by atoms with Gasteiger partial charge < -0.3 is 16.0 Å². The molecule has 3 heterocycles. The van der Waals surface area contributed by atoms with Gasteiger partial charge in [0.05, 0.1) is 40.5 Å². The molecule has 3 N–H and O–H groups in total. The summed E-state index contributed by atoms with van der Waals surface area (Å²) in [4.78, 5) is 33.7. The molecular formula is C25H23ClFN5O2. The molecule has 0 spiro atoms. The maximum Gasteiger partial charge on any atom is 0.255 e. The summed E-state index contributed by atoms with van der Waals surface area (Å²) in [6, 6.07) is 12.2. The summed E-state index contributed by atoms with van der Waals surface area (Å²) in [6.07, 6.45) is 1.61. The summed E-state index contributed by atoms with van der Waals surface area (Å²) in [5.41, 5.74) is 3.39. The second kappa shape index (κ2) is 9.48. The Morgan fingerprint density at radius 3 is 2.65 bits per heavy atom. The Balaban J connectivity index is 1.38. The monoisotopic (exact) mass is 479 g/mol. The smallest absolute Gasteiger partial charge is 0.255 e. The summed E-state index contributed by atoms with van der Waals surface area (Å²) in [7, 11) is 0. The molecular weight excluding hydrogens is 457 g/mol. The largest absolute Gasteiger partial charge is 0.352 e. The third kappa shape index (κ3) is 4.64. The Morgan fingerprint density at radius 2 is 1.91 bits per heavy atom. The Bertz CT molecular complexity index is 1240. The Hall–Kier alpha value is -3.36. The zero-order valence-corrected chi connectivity index (χ0v) is 19.1. The van der Waals surface area contributed by atoms with E-state index < -0.39 is 5.82 Å². The van der Waals surface area contributed by atoms with Crippen LogP contribution in [0, 0.1) is 5.82 Å². The molecule has 3 aromatic rings. The van der Waals surface area contributed by atoms with Gasteiger partial charge in [-0.1, -0.05) is 41.9 Å². The van der Waals surface area contributed by atoms with Crippen LogP contribution in [0.2, 0.25) is 5.02 Å². The van der Waals surface area contributed by atoms with E-state index in [1.165, 1.54) is 12.1 Å². The highest BCUT2D eigenvalue weighted by atomic mass is 35.5. The van der Waals surface area contributed by atoms with E-state index in [9.17, 15) is 14.0 Å². The van der Waals surface area contributed by atoms with E-state index in [1.54, 1.807) is 6.07 Å². The molecule has 2 amide bonds. The van der Waals surface area contributed by atoms with Gasteiger partial charge in [-0.2, -0.15) is 0 Å². The molecule has 9 heteroatoms. The number of nitrogens with zero attached hydrogens (tertiary/aromatic N) is 2. The van der Waals surface area contributed by atoms with Crippen molar-refractivity contribution in [1.29, 1.82) is 0 Å². The number of halogens is 2. The number of carbonyl (C=O) groups is 2. The van der Waals surface area contributed by atoms with Gasteiger partial charge in [0, 0.05) is 19.0 Å². The number of hydrogen-bond acceptors (Lipinski definition) is 5. The molecule has 5 rings (SSSR count). The number of nitrogens with one attached hydrogen (secondary N) is 3. The van der Waals surface area contributed by atoms with Crippen LogP contribution >= 0.6 is 11.6 Å². The highest BCUT2D eigenvalue weighted by Gasteiger charge is 2.28. The third-order valence-corrected chi connectivity index (χ3v) is 6.39. The highest BCUT2D eigenvalue weighted by Crippen LogP contribution is 2.31. The van der Waals surface area contributed by atoms with Crippen molar-refractivity contribution in [1.82, 2.24) is 25.9 Å². The van der Waals surface area contributed by atoms with Crippen LogP contribution in [0.1, 0.15) is 39.3 Å². The lowest BCUT2D eigenvalue weighted by atomic mass is 10.0. The lowest BCUT2D eigenvalue weighted by Crippen LogP contribution is -2.37. The van der Waals surface area contributed by atoms with Crippen molar-refractivity contribution < 1.29 is 14.0 Å². The SMILES string of the molecule is O=C(Cc1ccc(Cc2nc(-c3c(F)cccc3Cl)nc3c2C(=O)NC3)cc1)N[C@@H]1CCNC1. The van der Waals surface area contributed by atoms with Gasteiger partial charge in [-0.3, -0.25) is 9.59 Å². The number of rotatable bonds is 6. The average molecular weight is 480 g/mol. The third-order valence-electron chi connectivity index (χ3n) is 6.07. The van der Waals surface area contributed by atoms with Crippen molar-refractivity contribution in [3.05, 3.63) is 81.4 Å². The average Bonchev–Trinajstić information content (AvgIpc) is 3.45. The molecule has 174 valence electrons. The first kappa shape index (κ1) is 22.4. The van der Waals surface area contributed by atoms with E-state index in [0.29, 0.717) is 29.8 Å². The lowest BCUT2D eigenvalue weighted by Gasteiger charge is -2.12. The Morgan fingerprint density at radius 1 is 1.12 bits per heavy atom. The fraction of sp³-hybridized carbons (Fsp3) is 0.280. The van der Waals surface area contributed by atoms with Crippen molar-refractivity contribution in [3.8, 4) is 11.4 Å². The van der Waals surface area contributed by atoms with Crippen LogP contribution in [0.25, 0.3) is 11.4 Å². The first-order valence-corrected chi connectivity index (χ1v) is 11.6. The van der Waals surface area contributed by atoms with Crippen molar-refractivity contribution in [2.24, 2.45) is 0 Å². The molecule has 0 radical (unpaired) electrons. The molecule has 1 fully saturated rings. The predicted molar refractivity (Wildman–Crippen MR) is 126 cm³/mol. The molecule has 0 bridgehead atoms. The van der Waals surface area contributed by atoms with Gasteiger partial charge in [-0.15, -0.1) is 0 Å². The molecule has 34 heavy (non-hydrogen) atoms. The number of aromatic nitrogens is 2. The summed E-state index contributed by atoms with van der Waals surface area (Å²) >= 11 is 6.23. The van der Waals surface area contributed by atoms with E-state index in [0.717, 1.165) is 30.6 Å². The van der Waals surface area contributed by atoms with Crippen molar-refractivity contribution in [2.45, 2.75) is 31.8 Å². The van der Waals surface area contributed by atoms with Crippen molar-refractivity contribution in [2.75, 3.05) is 13.1 Å². The van der Waals surface area contributed by atoms with Crippen LogP contribution < -0.4 is 16.0 Å². The molecule has 2 aromatic carbocycles. The van der Waals surface area contributed by atoms with Gasteiger partial charge in [0.2, 0.25) is 5.91 Å². The van der Waals surface area contributed by atoms with Gasteiger partial charge in [0.25, 0.3) is 5.91 Å². The molecule has 0 saturated carbocycles. The van der Waals surface area contributed by atoms with E-state index >= 15 is 0 Å². The molecule has 0 aliphatic carbocycles. The van der Waals surface area contributed by atoms with Gasteiger partial charge in [0.1, 0.15) is 5.82 Å². The molecule has 1 atom stereocenters. The number of fused-ring (bicyclic) bond motifs is 1. The summed E-state index contributed by atoms with van der Waals surface area (Å²) in [5.74, 6) is -0.612. The Labute approximate surface area is 201 Å². The molecule has 0 unspecified atom stereocenters. The van der Waals surface area contributed by atoms with Crippen LogP contribution in [-0.4, -0.2) is 40.9 Å². The van der Waals surface area contributed by atoms with Crippen LogP contribution in [-0.2, 0) is 24.2 Å². The molecule has 1 saturated heterocycles. The first-order chi connectivity index (χ1) is 16.5. The van der Waals surface area contributed by atoms with Crippen LogP contribution in [0.3, 0.4) is 0 Å². The van der Waals surface area contributed by atoms with Gasteiger partial charge in [-0.05, 0) is 36.2 Å². The van der Waals surface area contributed by atoms with Gasteiger partial charge >= 0.3 is 0 Å². The normalized spacial score (nSPS) is 16.9. The summed E-state index contributed by atoms with van der Waals surface area (Å²) < 4.78 is 14.5. The van der Waals surface area contributed by atoms with E-state index in [-0.39, 0.29) is 40.8 Å². The van der Waals surface area contributed by atoms with E-state index in [2.05, 4.69) is 25.9 Å². The standard InChI is InChI=1S/C25H23ClFN5O2/c26-17-2-1-3-18(27)22(17)24-31-19(23-20(32-24)13-29-25(23)34)10-14-4-6-15(7-5-14)11-21(33)30-16-8-9-28-12-16/h1-7,16,28H,8-13H2,(H,29,34)(H,30,33)/t16-/m1/s1. The maximum atomic E-state index is 14.5. The fourth-order valence-electron chi connectivity index (χ4n) is 4.36. The van der Waals surface area contributed by atoms with Gasteiger partial charge in [0.15, 0.2) is 5.82 Å². The Kier molecular flexibility index (Phi) is 6.26. The number of carbonyl (C=O) groups excluding carboxylic acids is 2. The van der Waals surface area contributed by atoms with Gasteiger partial charge in [-0.25, -0.2) is 14.4 Å². The highest BCUT2D eigenvalue weighted by molar-refractivity contribution is 6.33. The summed E-state index contributed by atoms with van der Waals surface area (Å²) in [6.45, 7) is 1.99. The molecule has 7 nitrogen and oxygen atoms in total. The zero-order chi connectivity index (χ0) is 23.7. The number of hydrogen-bond donors (Lipinski definition) is 3. The number of amides is 2. The summed E-state index contributed by atoms with van der Waals surface area (Å²) in [5, 5.41) is 9.24. The number of benzene rings is 2. The van der Waals surface area contributed by atoms with Crippen LogP contribution in [0.5, 0.6) is 0 Å². The maximum absolute atomic E-state index is 14.5. The van der Waals surface area contributed by atoms with Crippen molar-refractivity contribution in [3.63, 3.8) is 0 Å². The molecule has 2 aliphatic rings. The molecule has 1 aromatic heterocycles. The van der Waals surface area contributed by atoms with Crippen LogP contribution in [0.4, 0.5) is 4.39 Å². The topological polar surface area (TPSA) is 96.0 Å². The minimum atomic E-state index is -0.522. The fourth-order valence-corrected chi connectivity index (χ4v) is 4.61. The minimum Gasteiger partial charge on any atom is -0.352 e. The predicted octanol–water partition coefficient (Wildman–Crippen LogP) is 2.79. The lowest BCUT2D eigenvalue weighted by molar-refractivity contribution is -0.121. The van der Waals surface area contributed by atoms with E-state index in [4.69, 9.17) is 11.6 Å².